The van der Waals surface area contributed by atoms with E-state index in [1.165, 1.54) is 23.3 Å². The zero-order valence-corrected chi connectivity index (χ0v) is 18.3. The summed E-state index contributed by atoms with van der Waals surface area (Å²) in [4.78, 5) is 0. The van der Waals surface area contributed by atoms with Crippen molar-refractivity contribution in [2.24, 2.45) is 0 Å². The first-order valence-electron chi connectivity index (χ1n) is 11.0. The van der Waals surface area contributed by atoms with Crippen LogP contribution in [-0.2, 0) is 6.18 Å². The fraction of sp³-hybridized carbons (Fsp3) is 0.0323. The number of hydrogen-bond donors (Lipinski definition) is 0. The molecular formula is C31H21F3. The van der Waals surface area contributed by atoms with E-state index in [9.17, 15) is 13.2 Å². The lowest BCUT2D eigenvalue weighted by molar-refractivity contribution is -0.137. The summed E-state index contributed by atoms with van der Waals surface area (Å²) in [6.45, 7) is 0. The van der Waals surface area contributed by atoms with Gasteiger partial charge in [-0.15, -0.1) is 0 Å². The van der Waals surface area contributed by atoms with E-state index < -0.39 is 11.7 Å². The third-order valence-corrected chi connectivity index (χ3v) is 5.95. The van der Waals surface area contributed by atoms with Crippen molar-refractivity contribution in [2.45, 2.75) is 6.18 Å². The maximum atomic E-state index is 13.0. The second-order valence-corrected chi connectivity index (χ2v) is 8.18. The van der Waals surface area contributed by atoms with Crippen molar-refractivity contribution in [2.75, 3.05) is 0 Å². The molecule has 0 unspecified atom stereocenters. The van der Waals surface area contributed by atoms with E-state index >= 15 is 0 Å². The van der Waals surface area contributed by atoms with Crippen LogP contribution in [0.3, 0.4) is 0 Å². The van der Waals surface area contributed by atoms with E-state index in [1.54, 1.807) is 6.07 Å². The monoisotopic (exact) mass is 450 g/mol. The van der Waals surface area contributed by atoms with E-state index in [4.69, 9.17) is 0 Å². The molecule has 0 N–H and O–H groups in total. The SMILES string of the molecule is FC(F)(F)c1cccc(-c2ccc(-c3ccc(-c4ccc(-c5ccccc5)cc4)cc3)cc2)c1. The number of alkyl halides is 3. The Hall–Kier alpha value is -4.11. The smallest absolute Gasteiger partial charge is 0.166 e. The third-order valence-electron chi connectivity index (χ3n) is 5.95. The fourth-order valence-corrected chi connectivity index (χ4v) is 4.07. The molecule has 0 aliphatic heterocycles. The first-order chi connectivity index (χ1) is 16.5. The van der Waals surface area contributed by atoms with Crippen LogP contribution in [0.5, 0.6) is 0 Å². The van der Waals surface area contributed by atoms with Gasteiger partial charge in [-0.05, 0) is 56.6 Å². The van der Waals surface area contributed by atoms with Gasteiger partial charge in [0.2, 0.25) is 0 Å². The second kappa shape index (κ2) is 9.03. The highest BCUT2D eigenvalue weighted by Crippen LogP contribution is 2.33. The maximum absolute atomic E-state index is 13.0. The molecule has 5 rings (SSSR count). The van der Waals surface area contributed by atoms with Crippen LogP contribution in [0.4, 0.5) is 13.2 Å². The summed E-state index contributed by atoms with van der Waals surface area (Å²) in [5, 5.41) is 0. The van der Waals surface area contributed by atoms with Crippen molar-refractivity contribution in [3.63, 3.8) is 0 Å². The van der Waals surface area contributed by atoms with Gasteiger partial charge in [0.05, 0.1) is 5.56 Å². The highest BCUT2D eigenvalue weighted by atomic mass is 19.4. The Morgan fingerprint density at radius 2 is 0.647 bits per heavy atom. The summed E-state index contributed by atoms with van der Waals surface area (Å²) < 4.78 is 39.1. The Morgan fingerprint density at radius 1 is 0.324 bits per heavy atom. The Labute approximate surface area is 197 Å². The summed E-state index contributed by atoms with van der Waals surface area (Å²) in [6, 6.07) is 40.1. The molecule has 0 aliphatic carbocycles. The lowest BCUT2D eigenvalue weighted by Crippen LogP contribution is -2.04. The maximum Gasteiger partial charge on any atom is 0.416 e. The lowest BCUT2D eigenvalue weighted by atomic mass is 9.96. The molecule has 0 nitrogen and oxygen atoms in total. The van der Waals surface area contributed by atoms with Crippen LogP contribution in [0.1, 0.15) is 5.56 Å². The van der Waals surface area contributed by atoms with Gasteiger partial charge in [0, 0.05) is 0 Å². The highest BCUT2D eigenvalue weighted by molar-refractivity contribution is 5.75. The molecule has 5 aromatic rings. The van der Waals surface area contributed by atoms with Crippen molar-refractivity contribution in [1.29, 1.82) is 0 Å². The van der Waals surface area contributed by atoms with Gasteiger partial charge in [-0.2, -0.15) is 13.2 Å². The van der Waals surface area contributed by atoms with E-state index in [0.29, 0.717) is 5.56 Å². The summed E-state index contributed by atoms with van der Waals surface area (Å²) in [5.41, 5.74) is 7.39. The van der Waals surface area contributed by atoms with E-state index in [-0.39, 0.29) is 0 Å². The fourth-order valence-electron chi connectivity index (χ4n) is 4.07. The molecule has 0 spiro atoms. The van der Waals surface area contributed by atoms with Crippen molar-refractivity contribution >= 4 is 0 Å². The predicted molar refractivity (Wildman–Crippen MR) is 133 cm³/mol. The van der Waals surface area contributed by atoms with Gasteiger partial charge in [0.1, 0.15) is 0 Å². The zero-order chi connectivity index (χ0) is 23.5. The van der Waals surface area contributed by atoms with Gasteiger partial charge in [-0.25, -0.2) is 0 Å². The Balaban J connectivity index is 1.34. The Bertz CT molecular complexity index is 1380. The van der Waals surface area contributed by atoms with Crippen molar-refractivity contribution < 1.29 is 13.2 Å². The van der Waals surface area contributed by atoms with Crippen LogP contribution in [0.15, 0.2) is 127 Å². The molecule has 3 heteroatoms. The third kappa shape index (κ3) is 4.65. The molecule has 0 aromatic heterocycles. The average molecular weight is 451 g/mol. The van der Waals surface area contributed by atoms with E-state index in [2.05, 4.69) is 60.7 Å². The molecule has 0 heterocycles. The minimum Gasteiger partial charge on any atom is -0.166 e. The van der Waals surface area contributed by atoms with Gasteiger partial charge in [-0.3, -0.25) is 0 Å². The molecule has 0 radical (unpaired) electrons. The van der Waals surface area contributed by atoms with Crippen molar-refractivity contribution in [1.82, 2.24) is 0 Å². The highest BCUT2D eigenvalue weighted by Gasteiger charge is 2.30. The van der Waals surface area contributed by atoms with Crippen molar-refractivity contribution in [3.05, 3.63) is 133 Å². The summed E-state index contributed by atoms with van der Waals surface area (Å²) >= 11 is 0. The van der Waals surface area contributed by atoms with Crippen LogP contribution >= 0.6 is 0 Å². The first-order valence-corrected chi connectivity index (χ1v) is 11.0. The van der Waals surface area contributed by atoms with Gasteiger partial charge in [0.15, 0.2) is 0 Å². The molecule has 5 aromatic carbocycles. The van der Waals surface area contributed by atoms with Crippen LogP contribution in [-0.4, -0.2) is 0 Å². The van der Waals surface area contributed by atoms with Gasteiger partial charge in [0.25, 0.3) is 0 Å². The Kier molecular flexibility index (Phi) is 5.77. The normalized spacial score (nSPS) is 11.4. The van der Waals surface area contributed by atoms with E-state index in [0.717, 1.165) is 33.9 Å². The minimum atomic E-state index is -4.35. The predicted octanol–water partition coefficient (Wildman–Crippen LogP) is 9.37. The van der Waals surface area contributed by atoms with E-state index in [1.807, 2.05) is 42.5 Å². The number of rotatable bonds is 4. The van der Waals surface area contributed by atoms with Gasteiger partial charge in [-0.1, -0.05) is 115 Å². The summed E-state index contributed by atoms with van der Waals surface area (Å²) in [5.74, 6) is 0. The largest absolute Gasteiger partial charge is 0.416 e. The molecule has 0 saturated heterocycles. The quantitative estimate of drug-likeness (QED) is 0.256. The molecule has 34 heavy (non-hydrogen) atoms. The number of halogens is 3. The zero-order valence-electron chi connectivity index (χ0n) is 18.3. The molecule has 0 fully saturated rings. The second-order valence-electron chi connectivity index (χ2n) is 8.18. The van der Waals surface area contributed by atoms with Gasteiger partial charge < -0.3 is 0 Å². The molecule has 0 atom stereocenters. The molecule has 166 valence electrons. The first kappa shape index (κ1) is 21.7. The molecule has 0 bridgehead atoms. The molecule has 0 aliphatic rings. The standard InChI is InChI=1S/C31H21F3/c32-31(33,34)30-8-4-7-29(21-30)28-19-17-27(18-20-28)26-15-13-25(14-16-26)24-11-9-23(10-12-24)22-5-2-1-3-6-22/h1-21H. The van der Waals surface area contributed by atoms with Crippen LogP contribution < -0.4 is 0 Å². The van der Waals surface area contributed by atoms with Crippen molar-refractivity contribution in [3.8, 4) is 44.5 Å². The van der Waals surface area contributed by atoms with Crippen LogP contribution in [0.25, 0.3) is 44.5 Å². The Morgan fingerprint density at radius 3 is 1.03 bits per heavy atom. The number of hydrogen-bond acceptors (Lipinski definition) is 0. The molecular weight excluding hydrogens is 429 g/mol. The average Bonchev–Trinajstić information content (AvgIpc) is 2.89. The summed E-state index contributed by atoms with van der Waals surface area (Å²) in [7, 11) is 0. The van der Waals surface area contributed by atoms with Crippen LogP contribution in [0.2, 0.25) is 0 Å². The minimum absolute atomic E-state index is 0.552. The summed E-state index contributed by atoms with van der Waals surface area (Å²) in [6.07, 6.45) is -4.35. The van der Waals surface area contributed by atoms with Crippen LogP contribution in [0, 0.1) is 0 Å². The van der Waals surface area contributed by atoms with Gasteiger partial charge >= 0.3 is 6.18 Å². The molecule has 0 saturated carbocycles. The lowest BCUT2D eigenvalue weighted by Gasteiger charge is -2.10. The number of benzene rings is 5. The topological polar surface area (TPSA) is 0 Å². The molecule has 0 amide bonds.